The molecule has 0 atom stereocenters. The summed E-state index contributed by atoms with van der Waals surface area (Å²) in [4.78, 5) is 25.7. The van der Waals surface area contributed by atoms with Gasteiger partial charge < -0.3 is 10.3 Å². The van der Waals surface area contributed by atoms with E-state index >= 15 is 0 Å². The average Bonchev–Trinajstić information content (AvgIpc) is 2.86. The van der Waals surface area contributed by atoms with Gasteiger partial charge in [0.15, 0.2) is 16.2 Å². The molecule has 106 valence electrons. The first kappa shape index (κ1) is 13.4. The standard InChI is InChI=1S/C12H9BrN6O2/c13-12-17-9-10(15-6-16-11(9)18-12)14-5-7-2-1-3-8(4-7)19(20)21/h1-4,6H,5H2,(H2,14,15,16,17,18). The van der Waals surface area contributed by atoms with Gasteiger partial charge in [0.1, 0.15) is 11.8 Å². The van der Waals surface area contributed by atoms with Gasteiger partial charge in [0.25, 0.3) is 5.69 Å². The van der Waals surface area contributed by atoms with Crippen molar-refractivity contribution in [1.82, 2.24) is 19.9 Å². The van der Waals surface area contributed by atoms with Crippen LogP contribution in [0.1, 0.15) is 5.56 Å². The fourth-order valence-electron chi connectivity index (χ4n) is 1.90. The molecule has 9 heteroatoms. The van der Waals surface area contributed by atoms with E-state index in [-0.39, 0.29) is 5.69 Å². The van der Waals surface area contributed by atoms with E-state index in [9.17, 15) is 10.1 Å². The van der Waals surface area contributed by atoms with Gasteiger partial charge in [0, 0.05) is 18.7 Å². The molecule has 8 nitrogen and oxygen atoms in total. The van der Waals surface area contributed by atoms with Crippen LogP contribution in [0.2, 0.25) is 0 Å². The number of aromatic nitrogens is 4. The van der Waals surface area contributed by atoms with E-state index in [0.29, 0.717) is 28.3 Å². The van der Waals surface area contributed by atoms with Gasteiger partial charge >= 0.3 is 0 Å². The number of anilines is 1. The summed E-state index contributed by atoms with van der Waals surface area (Å²) < 4.78 is 0.566. The molecule has 2 aromatic heterocycles. The van der Waals surface area contributed by atoms with Gasteiger partial charge in [-0.2, -0.15) is 0 Å². The van der Waals surface area contributed by atoms with Crippen molar-refractivity contribution in [2.75, 3.05) is 5.32 Å². The molecule has 0 fully saturated rings. The fraction of sp³-hybridized carbons (Fsp3) is 0.0833. The number of fused-ring (bicyclic) bond motifs is 1. The van der Waals surface area contributed by atoms with Crippen molar-refractivity contribution < 1.29 is 4.92 Å². The minimum absolute atomic E-state index is 0.0615. The van der Waals surface area contributed by atoms with Crippen LogP contribution in [0.15, 0.2) is 35.3 Å². The molecular formula is C12H9BrN6O2. The molecule has 0 unspecified atom stereocenters. The third-order valence-electron chi connectivity index (χ3n) is 2.84. The van der Waals surface area contributed by atoms with E-state index in [0.717, 1.165) is 5.56 Å². The van der Waals surface area contributed by atoms with Crippen molar-refractivity contribution in [3.63, 3.8) is 0 Å². The molecule has 3 rings (SSSR count). The van der Waals surface area contributed by atoms with Gasteiger partial charge in [-0.15, -0.1) is 0 Å². The van der Waals surface area contributed by atoms with Gasteiger partial charge in [-0.05, 0) is 21.5 Å². The number of halogens is 1. The monoisotopic (exact) mass is 348 g/mol. The van der Waals surface area contributed by atoms with Crippen LogP contribution in [0.25, 0.3) is 11.2 Å². The Balaban J connectivity index is 1.83. The average molecular weight is 349 g/mol. The van der Waals surface area contributed by atoms with Crippen molar-refractivity contribution in [3.8, 4) is 0 Å². The summed E-state index contributed by atoms with van der Waals surface area (Å²) in [6.07, 6.45) is 1.41. The molecule has 0 spiro atoms. The number of nitro groups is 1. The smallest absolute Gasteiger partial charge is 0.269 e. The number of nitrogens with zero attached hydrogens (tertiary/aromatic N) is 4. The lowest BCUT2D eigenvalue weighted by Gasteiger charge is -2.05. The van der Waals surface area contributed by atoms with Crippen LogP contribution in [0.4, 0.5) is 11.5 Å². The molecule has 0 aliphatic carbocycles. The highest BCUT2D eigenvalue weighted by Crippen LogP contribution is 2.20. The number of hydrogen-bond donors (Lipinski definition) is 2. The first-order valence-corrected chi connectivity index (χ1v) is 6.76. The minimum atomic E-state index is -0.418. The molecule has 0 bridgehead atoms. The number of nitrogens with one attached hydrogen (secondary N) is 2. The Kier molecular flexibility index (Phi) is 3.48. The van der Waals surface area contributed by atoms with Crippen molar-refractivity contribution in [3.05, 3.63) is 51.0 Å². The van der Waals surface area contributed by atoms with E-state index < -0.39 is 4.92 Å². The summed E-state index contributed by atoms with van der Waals surface area (Å²) in [5, 5.41) is 13.9. The van der Waals surface area contributed by atoms with Crippen LogP contribution in [0.5, 0.6) is 0 Å². The maximum atomic E-state index is 10.8. The first-order chi connectivity index (χ1) is 10.1. The Labute approximate surface area is 126 Å². The highest BCUT2D eigenvalue weighted by atomic mass is 79.9. The van der Waals surface area contributed by atoms with Crippen LogP contribution in [-0.4, -0.2) is 24.9 Å². The molecular weight excluding hydrogens is 340 g/mol. The third-order valence-corrected chi connectivity index (χ3v) is 3.22. The second kappa shape index (κ2) is 5.44. The Morgan fingerprint density at radius 1 is 1.38 bits per heavy atom. The van der Waals surface area contributed by atoms with Gasteiger partial charge in [0.2, 0.25) is 0 Å². The second-order valence-corrected chi connectivity index (χ2v) is 4.98. The third kappa shape index (κ3) is 2.82. The van der Waals surface area contributed by atoms with Gasteiger partial charge in [0.05, 0.1) is 4.92 Å². The summed E-state index contributed by atoms with van der Waals surface area (Å²) in [5.74, 6) is 0.588. The molecule has 0 amide bonds. The molecule has 1 aromatic carbocycles. The quantitative estimate of drug-likeness (QED) is 0.426. The van der Waals surface area contributed by atoms with E-state index in [1.54, 1.807) is 12.1 Å². The summed E-state index contributed by atoms with van der Waals surface area (Å²) in [6, 6.07) is 6.44. The van der Waals surface area contributed by atoms with E-state index in [1.165, 1.54) is 18.5 Å². The molecule has 21 heavy (non-hydrogen) atoms. The highest BCUT2D eigenvalue weighted by Gasteiger charge is 2.09. The molecule has 2 heterocycles. The van der Waals surface area contributed by atoms with Gasteiger partial charge in [-0.3, -0.25) is 10.1 Å². The largest absolute Gasteiger partial charge is 0.364 e. The number of hydrogen-bond acceptors (Lipinski definition) is 6. The van der Waals surface area contributed by atoms with Gasteiger partial charge in [-0.25, -0.2) is 15.0 Å². The molecule has 2 N–H and O–H groups in total. The minimum Gasteiger partial charge on any atom is -0.364 e. The predicted molar refractivity (Wildman–Crippen MR) is 79.8 cm³/mol. The molecule has 0 saturated carbocycles. The van der Waals surface area contributed by atoms with Crippen LogP contribution in [0.3, 0.4) is 0 Å². The lowest BCUT2D eigenvalue weighted by molar-refractivity contribution is -0.384. The zero-order valence-electron chi connectivity index (χ0n) is 10.6. The Bertz CT molecular complexity index is 818. The predicted octanol–water partition coefficient (Wildman–Crippen LogP) is 2.64. The summed E-state index contributed by atoms with van der Waals surface area (Å²) in [5.41, 5.74) is 2.06. The van der Waals surface area contributed by atoms with Crippen molar-refractivity contribution in [2.45, 2.75) is 6.54 Å². The lowest BCUT2D eigenvalue weighted by Crippen LogP contribution is -2.03. The number of rotatable bonds is 4. The maximum absolute atomic E-state index is 10.8. The Morgan fingerprint density at radius 2 is 2.24 bits per heavy atom. The Morgan fingerprint density at radius 3 is 3.05 bits per heavy atom. The van der Waals surface area contributed by atoms with Gasteiger partial charge in [-0.1, -0.05) is 12.1 Å². The van der Waals surface area contributed by atoms with Crippen LogP contribution in [-0.2, 0) is 6.54 Å². The van der Waals surface area contributed by atoms with Crippen molar-refractivity contribution in [2.24, 2.45) is 0 Å². The number of nitro benzene ring substituents is 1. The molecule has 0 aliphatic heterocycles. The Hall–Kier alpha value is -2.55. The number of imidazole rings is 1. The summed E-state index contributed by atoms with van der Waals surface area (Å²) >= 11 is 3.24. The summed E-state index contributed by atoms with van der Waals surface area (Å²) in [6.45, 7) is 0.407. The molecule has 0 aliphatic rings. The van der Waals surface area contributed by atoms with E-state index in [2.05, 4.69) is 41.2 Å². The highest BCUT2D eigenvalue weighted by molar-refractivity contribution is 9.10. The SMILES string of the molecule is O=[N+]([O-])c1cccc(CNc2ncnc3nc(Br)[nH]c23)c1. The lowest BCUT2D eigenvalue weighted by atomic mass is 10.2. The maximum Gasteiger partial charge on any atom is 0.269 e. The topological polar surface area (TPSA) is 110 Å². The zero-order chi connectivity index (χ0) is 14.8. The zero-order valence-corrected chi connectivity index (χ0v) is 12.2. The van der Waals surface area contributed by atoms with Crippen LogP contribution < -0.4 is 5.32 Å². The van der Waals surface area contributed by atoms with E-state index in [1.807, 2.05) is 0 Å². The van der Waals surface area contributed by atoms with Crippen LogP contribution >= 0.6 is 15.9 Å². The van der Waals surface area contributed by atoms with Crippen molar-refractivity contribution >= 4 is 38.6 Å². The fourth-order valence-corrected chi connectivity index (χ4v) is 2.27. The number of benzene rings is 1. The van der Waals surface area contributed by atoms with Crippen molar-refractivity contribution in [1.29, 1.82) is 0 Å². The van der Waals surface area contributed by atoms with Crippen LogP contribution in [0, 0.1) is 10.1 Å². The molecule has 0 saturated heterocycles. The number of non-ortho nitro benzene ring substituents is 1. The van der Waals surface area contributed by atoms with E-state index in [4.69, 9.17) is 0 Å². The normalized spacial score (nSPS) is 10.7. The first-order valence-electron chi connectivity index (χ1n) is 5.97. The molecule has 0 radical (unpaired) electrons. The summed E-state index contributed by atoms with van der Waals surface area (Å²) in [7, 11) is 0. The number of H-pyrrole nitrogens is 1. The number of aromatic amines is 1. The molecule has 3 aromatic rings. The second-order valence-electron chi connectivity index (χ2n) is 4.23.